The Morgan fingerprint density at radius 2 is 2.29 bits per heavy atom. The summed E-state index contributed by atoms with van der Waals surface area (Å²) in [6.45, 7) is 4.42. The van der Waals surface area contributed by atoms with Gasteiger partial charge in [-0.25, -0.2) is 8.42 Å². The maximum Gasteiger partial charge on any atom is 0.246 e. The summed E-state index contributed by atoms with van der Waals surface area (Å²) in [7, 11) is -2.38. The van der Waals surface area contributed by atoms with Crippen LogP contribution >= 0.6 is 11.6 Å². The van der Waals surface area contributed by atoms with Gasteiger partial charge in [-0.15, -0.1) is 6.58 Å². The minimum absolute atomic E-state index is 0.0182. The van der Waals surface area contributed by atoms with Gasteiger partial charge in [0.2, 0.25) is 15.9 Å². The predicted molar refractivity (Wildman–Crippen MR) is 92.7 cm³/mol. The number of ether oxygens (including phenoxy) is 1. The quantitative estimate of drug-likeness (QED) is 0.775. The van der Waals surface area contributed by atoms with Gasteiger partial charge < -0.3 is 10.1 Å². The molecular formula is C16H21ClN2O4S. The lowest BCUT2D eigenvalue weighted by Gasteiger charge is -2.31. The van der Waals surface area contributed by atoms with E-state index in [1.807, 2.05) is 0 Å². The van der Waals surface area contributed by atoms with E-state index in [2.05, 4.69) is 11.9 Å². The Labute approximate surface area is 147 Å². The summed E-state index contributed by atoms with van der Waals surface area (Å²) in [5.74, 6) is -0.302. The fraction of sp³-hybridized carbons (Fsp3) is 0.438. The molecule has 6 nitrogen and oxygen atoms in total. The minimum atomic E-state index is -3.79. The van der Waals surface area contributed by atoms with Gasteiger partial charge in [-0.05, 0) is 31.0 Å². The van der Waals surface area contributed by atoms with Crippen LogP contribution in [0.4, 0.5) is 0 Å². The van der Waals surface area contributed by atoms with Crippen molar-refractivity contribution in [1.82, 2.24) is 9.62 Å². The lowest BCUT2D eigenvalue weighted by atomic mass is 9.99. The number of carbonyl (C=O) groups is 1. The highest BCUT2D eigenvalue weighted by Gasteiger charge is 2.34. The first-order valence-electron chi connectivity index (χ1n) is 7.62. The fourth-order valence-corrected chi connectivity index (χ4v) is 4.63. The molecule has 1 aromatic carbocycles. The number of amides is 1. The van der Waals surface area contributed by atoms with Crippen molar-refractivity contribution < 1.29 is 17.9 Å². The molecule has 0 spiro atoms. The van der Waals surface area contributed by atoms with Gasteiger partial charge >= 0.3 is 0 Å². The fourth-order valence-electron chi connectivity index (χ4n) is 2.68. The van der Waals surface area contributed by atoms with E-state index in [0.717, 1.165) is 0 Å². The second kappa shape index (κ2) is 8.00. The molecule has 0 aromatic heterocycles. The van der Waals surface area contributed by atoms with E-state index in [1.165, 1.54) is 23.5 Å². The van der Waals surface area contributed by atoms with Crippen molar-refractivity contribution in [1.29, 1.82) is 0 Å². The van der Waals surface area contributed by atoms with Crippen LogP contribution in [-0.4, -0.2) is 45.4 Å². The molecule has 8 heteroatoms. The van der Waals surface area contributed by atoms with Crippen molar-refractivity contribution in [2.45, 2.75) is 17.7 Å². The summed E-state index contributed by atoms with van der Waals surface area (Å²) in [6, 6.07) is 4.46. The number of piperidine rings is 1. The minimum Gasteiger partial charge on any atom is -0.495 e. The monoisotopic (exact) mass is 372 g/mol. The number of sulfonamides is 1. The molecular weight excluding hydrogens is 352 g/mol. The van der Waals surface area contributed by atoms with Crippen LogP contribution in [0.5, 0.6) is 5.75 Å². The van der Waals surface area contributed by atoms with E-state index in [9.17, 15) is 13.2 Å². The zero-order chi connectivity index (χ0) is 17.7. The van der Waals surface area contributed by atoms with E-state index in [-0.39, 0.29) is 29.0 Å². The third-order valence-electron chi connectivity index (χ3n) is 3.92. The van der Waals surface area contributed by atoms with Crippen molar-refractivity contribution in [2.75, 3.05) is 26.7 Å². The van der Waals surface area contributed by atoms with Crippen LogP contribution < -0.4 is 10.1 Å². The molecule has 0 radical (unpaired) electrons. The van der Waals surface area contributed by atoms with E-state index in [1.54, 1.807) is 12.1 Å². The van der Waals surface area contributed by atoms with Crippen molar-refractivity contribution in [2.24, 2.45) is 5.92 Å². The van der Waals surface area contributed by atoms with Crippen molar-refractivity contribution in [3.05, 3.63) is 35.9 Å². The van der Waals surface area contributed by atoms with Gasteiger partial charge in [-0.1, -0.05) is 17.7 Å². The summed E-state index contributed by atoms with van der Waals surface area (Å²) in [5.41, 5.74) is 0. The summed E-state index contributed by atoms with van der Waals surface area (Å²) in [5, 5.41) is 3.03. The predicted octanol–water partition coefficient (Wildman–Crippen LogP) is 2.05. The molecule has 1 heterocycles. The Balaban J connectivity index is 2.24. The average Bonchev–Trinajstić information content (AvgIpc) is 2.59. The molecule has 132 valence electrons. The first-order valence-corrected chi connectivity index (χ1v) is 9.44. The Hall–Kier alpha value is -1.57. The van der Waals surface area contributed by atoms with Gasteiger partial charge in [0.1, 0.15) is 10.6 Å². The average molecular weight is 373 g/mol. The maximum atomic E-state index is 12.9. The number of rotatable bonds is 6. The number of hydrogen-bond donors (Lipinski definition) is 1. The van der Waals surface area contributed by atoms with Gasteiger partial charge in [-0.3, -0.25) is 4.79 Å². The summed E-state index contributed by atoms with van der Waals surface area (Å²) < 4.78 is 32.4. The maximum absolute atomic E-state index is 12.9. The molecule has 1 fully saturated rings. The lowest BCUT2D eigenvalue weighted by molar-refractivity contribution is -0.125. The van der Waals surface area contributed by atoms with Gasteiger partial charge in [0.15, 0.2) is 0 Å². The van der Waals surface area contributed by atoms with Crippen LogP contribution in [-0.2, 0) is 14.8 Å². The van der Waals surface area contributed by atoms with Crippen molar-refractivity contribution >= 4 is 27.5 Å². The van der Waals surface area contributed by atoms with Gasteiger partial charge in [0, 0.05) is 24.7 Å². The number of hydrogen-bond acceptors (Lipinski definition) is 4. The largest absolute Gasteiger partial charge is 0.495 e. The molecule has 0 bridgehead atoms. The number of halogens is 1. The third-order valence-corrected chi connectivity index (χ3v) is 6.04. The molecule has 1 saturated heterocycles. The van der Waals surface area contributed by atoms with Gasteiger partial charge in [-0.2, -0.15) is 4.31 Å². The molecule has 1 aliphatic heterocycles. The molecule has 1 aromatic rings. The van der Waals surface area contributed by atoms with Crippen LogP contribution in [0.1, 0.15) is 12.8 Å². The number of benzene rings is 1. The third kappa shape index (κ3) is 4.09. The van der Waals surface area contributed by atoms with Gasteiger partial charge in [0.05, 0.1) is 13.0 Å². The smallest absolute Gasteiger partial charge is 0.246 e. The molecule has 1 aliphatic rings. The Kier molecular flexibility index (Phi) is 6.26. The van der Waals surface area contributed by atoms with Crippen molar-refractivity contribution in [3.8, 4) is 5.75 Å². The van der Waals surface area contributed by atoms with E-state index in [4.69, 9.17) is 16.3 Å². The number of nitrogens with zero attached hydrogens (tertiary/aromatic N) is 1. The Morgan fingerprint density at radius 3 is 2.96 bits per heavy atom. The zero-order valence-electron chi connectivity index (χ0n) is 13.5. The molecule has 2 rings (SSSR count). The van der Waals surface area contributed by atoms with Crippen LogP contribution in [0.2, 0.25) is 5.02 Å². The zero-order valence-corrected chi connectivity index (χ0v) is 15.1. The SMILES string of the molecule is C=CCNC(=O)C1CCCN(S(=O)(=O)c2cc(Cl)ccc2OC)C1. The second-order valence-electron chi connectivity index (χ2n) is 5.53. The van der Waals surface area contributed by atoms with Crippen molar-refractivity contribution in [3.63, 3.8) is 0 Å². The number of nitrogens with one attached hydrogen (secondary N) is 1. The normalized spacial score (nSPS) is 18.8. The molecule has 1 unspecified atom stereocenters. The number of carbonyl (C=O) groups excluding carboxylic acids is 1. The Bertz CT molecular complexity index is 721. The molecule has 1 atom stereocenters. The van der Waals surface area contributed by atoms with Gasteiger partial charge in [0.25, 0.3) is 0 Å². The summed E-state index contributed by atoms with van der Waals surface area (Å²) >= 11 is 5.94. The Morgan fingerprint density at radius 1 is 1.54 bits per heavy atom. The number of methoxy groups -OCH3 is 1. The first kappa shape index (κ1) is 18.8. The van der Waals surface area contributed by atoms with Crippen LogP contribution in [0.15, 0.2) is 35.7 Å². The highest BCUT2D eigenvalue weighted by molar-refractivity contribution is 7.89. The standard InChI is InChI=1S/C16H21ClN2O4S/c1-3-8-18-16(20)12-5-4-9-19(11-12)24(21,22)15-10-13(17)6-7-14(15)23-2/h3,6-7,10,12H,1,4-5,8-9,11H2,2H3,(H,18,20). The lowest BCUT2D eigenvalue weighted by Crippen LogP contribution is -2.45. The molecule has 1 amide bonds. The second-order valence-corrected chi connectivity index (χ2v) is 7.87. The summed E-state index contributed by atoms with van der Waals surface area (Å²) in [6.07, 6.45) is 2.86. The van der Waals surface area contributed by atoms with Crippen LogP contribution in [0.25, 0.3) is 0 Å². The topological polar surface area (TPSA) is 75.7 Å². The highest BCUT2D eigenvalue weighted by Crippen LogP contribution is 2.31. The molecule has 0 saturated carbocycles. The molecule has 0 aliphatic carbocycles. The van der Waals surface area contributed by atoms with E-state index >= 15 is 0 Å². The highest BCUT2D eigenvalue weighted by atomic mass is 35.5. The van der Waals surface area contributed by atoms with E-state index < -0.39 is 10.0 Å². The van der Waals surface area contributed by atoms with Crippen LogP contribution in [0, 0.1) is 5.92 Å². The first-order chi connectivity index (χ1) is 11.4. The van der Waals surface area contributed by atoms with Crippen LogP contribution in [0.3, 0.4) is 0 Å². The molecule has 1 N–H and O–H groups in total. The molecule has 24 heavy (non-hydrogen) atoms. The summed E-state index contributed by atoms with van der Waals surface area (Å²) in [4.78, 5) is 12.1. The van der Waals surface area contributed by atoms with E-state index in [0.29, 0.717) is 31.0 Å².